The molecule has 0 saturated heterocycles. The third kappa shape index (κ3) is 3.19. The largest absolute Gasteiger partial charge is 1.00 e. The van der Waals surface area contributed by atoms with Gasteiger partial charge in [0.15, 0.2) is 0 Å². The summed E-state index contributed by atoms with van der Waals surface area (Å²) < 4.78 is 0.677. The van der Waals surface area contributed by atoms with Gasteiger partial charge in [0.25, 0.3) is 0 Å². The molecule has 0 amide bonds. The van der Waals surface area contributed by atoms with E-state index in [0.717, 1.165) is 6.42 Å². The first-order valence-corrected chi connectivity index (χ1v) is 15.4. The van der Waals surface area contributed by atoms with Crippen molar-refractivity contribution in [3.05, 3.63) is 96.2 Å². The molecule has 0 heterocycles. The summed E-state index contributed by atoms with van der Waals surface area (Å²) >= 11 is 1.70. The van der Waals surface area contributed by atoms with E-state index in [9.17, 15) is 0 Å². The summed E-state index contributed by atoms with van der Waals surface area (Å²) in [6, 6.07) is 0. The van der Waals surface area contributed by atoms with Crippen molar-refractivity contribution in [2.24, 2.45) is 40.9 Å². The van der Waals surface area contributed by atoms with Crippen molar-refractivity contribution in [3.63, 3.8) is 0 Å². The van der Waals surface area contributed by atoms with Gasteiger partial charge in [-0.15, -0.1) is 0 Å². The van der Waals surface area contributed by atoms with Crippen molar-refractivity contribution in [3.8, 4) is 0 Å². The van der Waals surface area contributed by atoms with Gasteiger partial charge in [0.2, 0.25) is 0 Å². The molecule has 2 fully saturated rings. The average Bonchev–Trinajstić information content (AvgIpc) is 3.40. The van der Waals surface area contributed by atoms with Crippen LogP contribution in [0.3, 0.4) is 0 Å². The topological polar surface area (TPSA) is 0 Å². The van der Waals surface area contributed by atoms with Crippen LogP contribution in [-0.4, -0.2) is 13.6 Å². The molecule has 0 spiro atoms. The fourth-order valence-corrected chi connectivity index (χ4v) is 11.2. The minimum atomic E-state index is -0.486. The number of rotatable bonds is 1. The maximum atomic E-state index is 2.60. The van der Waals surface area contributed by atoms with Crippen LogP contribution >= 0.6 is 0 Å². The van der Waals surface area contributed by atoms with Crippen LogP contribution in [0.5, 0.6) is 0 Å². The summed E-state index contributed by atoms with van der Waals surface area (Å²) in [5.41, 5.74) is 3.75. The molecule has 32 heavy (non-hydrogen) atoms. The van der Waals surface area contributed by atoms with Crippen molar-refractivity contribution >= 4 is 13.6 Å². The third-order valence-corrected chi connectivity index (χ3v) is 12.3. The molecule has 6 aliphatic rings. The van der Waals surface area contributed by atoms with Gasteiger partial charge < -0.3 is 24.8 Å². The van der Waals surface area contributed by atoms with Crippen LogP contribution in [-0.2, 0) is 24.7 Å². The molecule has 8 unspecified atom stereocenters. The van der Waals surface area contributed by atoms with Crippen LogP contribution in [0.4, 0.5) is 0 Å². The minimum Gasteiger partial charge on any atom is -1.00 e. The fourth-order valence-electron chi connectivity index (χ4n) is 7.74. The van der Waals surface area contributed by atoms with Gasteiger partial charge in [0.1, 0.15) is 0 Å². The van der Waals surface area contributed by atoms with Crippen molar-refractivity contribution in [2.75, 3.05) is 0 Å². The predicted octanol–water partition coefficient (Wildman–Crippen LogP) is 0.184. The standard InChI is InChI=1S/C28H29Si.2ClH.Zr/c1-29(2)25-17-9-10-19-18-28(20-11-3-4-12-20)24-16-8-7-14-22(24)21-13-5-6-15-23(21)27(28)26(19)25;;;/h3-11,13-18,21-24,26-27H,12H2,1-2H3;2*1H;/q;;;+2/p-2. The van der Waals surface area contributed by atoms with E-state index in [1.807, 2.05) is 0 Å². The van der Waals surface area contributed by atoms with Crippen LogP contribution in [0.2, 0.25) is 16.7 Å². The van der Waals surface area contributed by atoms with E-state index in [1.54, 1.807) is 41.0 Å². The molecule has 6 aliphatic carbocycles. The van der Waals surface area contributed by atoms with Gasteiger partial charge in [-0.2, -0.15) is 0 Å². The molecule has 0 nitrogen and oxygen atoms in total. The maximum absolute atomic E-state index is 2.60. The Bertz CT molecular complexity index is 1060. The normalized spacial score (nSPS) is 41.6. The molecule has 8 atom stereocenters. The van der Waals surface area contributed by atoms with E-state index in [-0.39, 0.29) is 30.2 Å². The van der Waals surface area contributed by atoms with Crippen molar-refractivity contribution in [1.29, 1.82) is 0 Å². The smallest absolute Gasteiger partial charge is 1.00 e. The number of hydrogen-bond donors (Lipinski definition) is 0. The van der Waals surface area contributed by atoms with Gasteiger partial charge in [0, 0.05) is 0 Å². The van der Waals surface area contributed by atoms with Crippen LogP contribution in [0, 0.1) is 40.9 Å². The zero-order valence-corrected chi connectivity index (χ0v) is 23.6. The molecule has 0 aliphatic heterocycles. The Morgan fingerprint density at radius 3 is 2.22 bits per heavy atom. The van der Waals surface area contributed by atoms with E-state index < -0.39 is 8.41 Å². The van der Waals surface area contributed by atoms with E-state index in [1.165, 1.54) is 0 Å². The van der Waals surface area contributed by atoms with Crippen LogP contribution in [0.25, 0.3) is 0 Å². The van der Waals surface area contributed by atoms with Gasteiger partial charge in [-0.25, -0.2) is 0 Å². The summed E-state index contributed by atoms with van der Waals surface area (Å²) in [6.45, 7) is 5.01. The van der Waals surface area contributed by atoms with Crippen molar-refractivity contribution in [2.45, 2.75) is 23.1 Å². The number of hydrogen-bond acceptors (Lipinski definition) is 0. The molecule has 0 radical (unpaired) electrons. The van der Waals surface area contributed by atoms with Crippen molar-refractivity contribution in [1.82, 2.24) is 0 Å². The Kier molecular flexibility index (Phi) is 7.11. The zero-order valence-electron chi connectivity index (χ0n) is 18.6. The van der Waals surface area contributed by atoms with E-state index >= 15 is 0 Å². The molecular weight excluding hydrogens is 527 g/mol. The minimum absolute atomic E-state index is 0. The van der Waals surface area contributed by atoms with Crippen LogP contribution in [0.15, 0.2) is 96.2 Å². The van der Waals surface area contributed by atoms with Gasteiger partial charge in [0.05, 0.1) is 0 Å². The molecule has 0 aromatic heterocycles. The molecule has 6 rings (SSSR count). The SMILES string of the molecule is C[Si](C)=C1C=CC=C2C1C1C3C=CC=CC3C3C=CC=CC3C1(C1=CC=CC1)[CH]2[Zr+2].[Cl-].[Cl-]. The second-order valence-electron chi connectivity index (χ2n) is 9.97. The van der Waals surface area contributed by atoms with E-state index in [4.69, 9.17) is 0 Å². The Morgan fingerprint density at radius 2 is 1.53 bits per heavy atom. The molecule has 4 heteroatoms. The number of fused-ring (bicyclic) bond motifs is 8. The van der Waals surface area contributed by atoms with E-state index in [2.05, 4.69) is 98.2 Å². The van der Waals surface area contributed by atoms with Crippen LogP contribution in [0.1, 0.15) is 6.42 Å². The zero-order chi connectivity index (χ0) is 20.5. The van der Waals surface area contributed by atoms with E-state index in [0.29, 0.717) is 39.1 Å². The monoisotopic (exact) mass is 553 g/mol. The summed E-state index contributed by atoms with van der Waals surface area (Å²) in [5.74, 6) is 3.82. The summed E-state index contributed by atoms with van der Waals surface area (Å²) in [7, 11) is -0.486. The Balaban J connectivity index is 0.00000122. The molecular formula is C28H29Cl2SiZr. The van der Waals surface area contributed by atoms with Gasteiger partial charge in [-0.1, -0.05) is 0 Å². The maximum Gasteiger partial charge on any atom is -1.00 e. The van der Waals surface area contributed by atoms with Crippen LogP contribution < -0.4 is 24.8 Å². The molecule has 2 saturated carbocycles. The first-order valence-electron chi connectivity index (χ1n) is 11.5. The fraction of sp³-hybridized carbons (Fsp3) is 0.393. The summed E-state index contributed by atoms with van der Waals surface area (Å²) in [6.07, 6.45) is 35.4. The van der Waals surface area contributed by atoms with Crippen molar-refractivity contribution < 1.29 is 49.5 Å². The Labute approximate surface area is 222 Å². The quantitative estimate of drug-likeness (QED) is 0.406. The second kappa shape index (κ2) is 9.26. The Morgan fingerprint density at radius 1 is 0.844 bits per heavy atom. The third-order valence-electron chi connectivity index (χ3n) is 8.70. The molecule has 0 aromatic rings. The molecule has 163 valence electrons. The summed E-state index contributed by atoms with van der Waals surface area (Å²) in [4.78, 5) is 0. The molecule has 0 N–H and O–H groups in total. The average molecular weight is 556 g/mol. The second-order valence-corrected chi connectivity index (χ2v) is 14.0. The predicted molar refractivity (Wildman–Crippen MR) is 125 cm³/mol. The first-order chi connectivity index (χ1) is 14.7. The van der Waals surface area contributed by atoms with Gasteiger partial charge in [-0.05, 0) is 0 Å². The van der Waals surface area contributed by atoms with Gasteiger partial charge in [-0.3, -0.25) is 0 Å². The van der Waals surface area contributed by atoms with Gasteiger partial charge >= 0.3 is 199 Å². The Hall–Kier alpha value is -0.530. The number of allylic oxidation sites excluding steroid dienone is 16. The first kappa shape index (κ1) is 24.6. The number of halogens is 2. The molecule has 0 bridgehead atoms. The molecule has 0 aromatic carbocycles. The summed E-state index contributed by atoms with van der Waals surface area (Å²) in [5, 5.41) is 1.78.